The van der Waals surface area contributed by atoms with Gasteiger partial charge in [-0.15, -0.1) is 0 Å². The number of unbranched alkanes of at least 4 members (excludes halogenated alkanes) is 1. The SMILES string of the molecule is CCCCOCC(CC)OC(=O)OCC. The molecule has 15 heavy (non-hydrogen) atoms. The van der Waals surface area contributed by atoms with Crippen molar-refractivity contribution in [3.05, 3.63) is 0 Å². The molecule has 0 saturated heterocycles. The third-order valence-electron chi connectivity index (χ3n) is 1.93. The first kappa shape index (κ1) is 14.2. The molecule has 0 aromatic heterocycles. The average Bonchev–Trinajstić information content (AvgIpc) is 2.23. The second-order valence-corrected chi connectivity index (χ2v) is 3.26. The molecule has 0 bridgehead atoms. The molecule has 1 atom stereocenters. The number of carbonyl (C=O) groups is 1. The monoisotopic (exact) mass is 218 g/mol. The van der Waals surface area contributed by atoms with Crippen molar-refractivity contribution in [1.82, 2.24) is 0 Å². The van der Waals surface area contributed by atoms with Crippen molar-refractivity contribution in [3.8, 4) is 0 Å². The van der Waals surface area contributed by atoms with E-state index >= 15 is 0 Å². The summed E-state index contributed by atoms with van der Waals surface area (Å²) in [5.41, 5.74) is 0. The predicted octanol–water partition coefficient (Wildman–Crippen LogP) is 2.75. The molecule has 4 heteroatoms. The van der Waals surface area contributed by atoms with Crippen LogP contribution in [0.25, 0.3) is 0 Å². The highest BCUT2D eigenvalue weighted by molar-refractivity contribution is 5.60. The van der Waals surface area contributed by atoms with Crippen LogP contribution in [0, 0.1) is 0 Å². The topological polar surface area (TPSA) is 44.8 Å². The summed E-state index contributed by atoms with van der Waals surface area (Å²) in [7, 11) is 0. The highest BCUT2D eigenvalue weighted by Crippen LogP contribution is 2.02. The van der Waals surface area contributed by atoms with E-state index < -0.39 is 6.16 Å². The van der Waals surface area contributed by atoms with Crippen LogP contribution in [-0.4, -0.2) is 32.1 Å². The maximum Gasteiger partial charge on any atom is 0.508 e. The van der Waals surface area contributed by atoms with Gasteiger partial charge >= 0.3 is 6.16 Å². The van der Waals surface area contributed by atoms with Gasteiger partial charge in [-0.05, 0) is 19.8 Å². The minimum atomic E-state index is -0.608. The van der Waals surface area contributed by atoms with Gasteiger partial charge in [0, 0.05) is 6.61 Å². The number of carbonyl (C=O) groups excluding carboxylic acids is 1. The Morgan fingerprint density at radius 2 is 2.00 bits per heavy atom. The van der Waals surface area contributed by atoms with Gasteiger partial charge in [-0.3, -0.25) is 0 Å². The van der Waals surface area contributed by atoms with Gasteiger partial charge in [-0.2, -0.15) is 0 Å². The van der Waals surface area contributed by atoms with Crippen LogP contribution >= 0.6 is 0 Å². The summed E-state index contributed by atoms with van der Waals surface area (Å²) in [5, 5.41) is 0. The van der Waals surface area contributed by atoms with Gasteiger partial charge in [-0.1, -0.05) is 20.3 Å². The van der Waals surface area contributed by atoms with E-state index in [-0.39, 0.29) is 6.10 Å². The van der Waals surface area contributed by atoms with E-state index in [1.54, 1.807) is 6.92 Å². The quantitative estimate of drug-likeness (QED) is 0.464. The lowest BCUT2D eigenvalue weighted by atomic mass is 10.3. The van der Waals surface area contributed by atoms with E-state index in [0.717, 1.165) is 25.9 Å². The van der Waals surface area contributed by atoms with Crippen LogP contribution in [-0.2, 0) is 14.2 Å². The number of rotatable bonds is 8. The molecule has 0 N–H and O–H groups in total. The first-order valence-electron chi connectivity index (χ1n) is 5.65. The van der Waals surface area contributed by atoms with Crippen LogP contribution in [0.5, 0.6) is 0 Å². The molecule has 0 fully saturated rings. The maximum absolute atomic E-state index is 11.0. The molecule has 0 aromatic carbocycles. The highest BCUT2D eigenvalue weighted by Gasteiger charge is 2.12. The average molecular weight is 218 g/mol. The van der Waals surface area contributed by atoms with E-state index in [0.29, 0.717) is 13.2 Å². The summed E-state index contributed by atoms with van der Waals surface area (Å²) in [6.45, 7) is 7.32. The zero-order chi connectivity index (χ0) is 11.5. The summed E-state index contributed by atoms with van der Waals surface area (Å²) in [5.74, 6) is 0. The van der Waals surface area contributed by atoms with Gasteiger partial charge in [0.1, 0.15) is 6.10 Å². The summed E-state index contributed by atoms with van der Waals surface area (Å²) < 4.78 is 15.1. The molecule has 1 unspecified atom stereocenters. The zero-order valence-corrected chi connectivity index (χ0v) is 9.95. The minimum Gasteiger partial charge on any atom is -0.435 e. The van der Waals surface area contributed by atoms with E-state index in [9.17, 15) is 4.79 Å². The Labute approximate surface area is 91.9 Å². The van der Waals surface area contributed by atoms with Gasteiger partial charge in [0.15, 0.2) is 0 Å². The van der Waals surface area contributed by atoms with E-state index in [1.165, 1.54) is 0 Å². The van der Waals surface area contributed by atoms with Crippen LogP contribution in [0.15, 0.2) is 0 Å². The molecule has 0 aliphatic heterocycles. The van der Waals surface area contributed by atoms with Crippen LogP contribution in [0.4, 0.5) is 4.79 Å². The summed E-state index contributed by atoms with van der Waals surface area (Å²) in [6.07, 6.45) is 2.08. The van der Waals surface area contributed by atoms with Crippen LogP contribution in [0.2, 0.25) is 0 Å². The van der Waals surface area contributed by atoms with E-state index in [4.69, 9.17) is 9.47 Å². The van der Waals surface area contributed by atoms with Gasteiger partial charge in [0.25, 0.3) is 0 Å². The molecule has 0 heterocycles. The smallest absolute Gasteiger partial charge is 0.435 e. The minimum absolute atomic E-state index is 0.194. The van der Waals surface area contributed by atoms with Gasteiger partial charge in [0.2, 0.25) is 0 Å². The van der Waals surface area contributed by atoms with Crippen molar-refractivity contribution >= 4 is 6.16 Å². The van der Waals surface area contributed by atoms with Crippen LogP contribution in [0.1, 0.15) is 40.0 Å². The number of hydrogen-bond acceptors (Lipinski definition) is 4. The summed E-state index contributed by atoms with van der Waals surface area (Å²) in [4.78, 5) is 11.0. The molecule has 4 nitrogen and oxygen atoms in total. The Morgan fingerprint density at radius 1 is 1.27 bits per heavy atom. The maximum atomic E-state index is 11.0. The zero-order valence-electron chi connectivity index (χ0n) is 9.95. The fourth-order valence-corrected chi connectivity index (χ4v) is 0.984. The van der Waals surface area contributed by atoms with Crippen molar-refractivity contribution in [2.45, 2.75) is 46.1 Å². The molecular formula is C11H22O4. The molecule has 0 aromatic rings. The largest absolute Gasteiger partial charge is 0.508 e. The molecular weight excluding hydrogens is 196 g/mol. The molecule has 90 valence electrons. The molecule has 0 rings (SSSR count). The van der Waals surface area contributed by atoms with Crippen LogP contribution < -0.4 is 0 Å². The highest BCUT2D eigenvalue weighted by atomic mass is 16.7. The van der Waals surface area contributed by atoms with Gasteiger partial charge in [-0.25, -0.2) is 4.79 Å². The summed E-state index contributed by atoms with van der Waals surface area (Å²) in [6, 6.07) is 0. The van der Waals surface area contributed by atoms with Crippen molar-refractivity contribution in [2.24, 2.45) is 0 Å². The molecule has 0 radical (unpaired) electrons. The van der Waals surface area contributed by atoms with Gasteiger partial charge < -0.3 is 14.2 Å². The third-order valence-corrected chi connectivity index (χ3v) is 1.93. The standard InChI is InChI=1S/C11H22O4/c1-4-7-8-13-9-10(5-2)15-11(12)14-6-3/h10H,4-9H2,1-3H3. The molecule has 0 amide bonds. The van der Waals surface area contributed by atoms with E-state index in [1.807, 2.05) is 6.92 Å². The number of hydrogen-bond donors (Lipinski definition) is 0. The molecule has 0 aliphatic rings. The summed E-state index contributed by atoms with van der Waals surface area (Å²) >= 11 is 0. The fourth-order valence-electron chi connectivity index (χ4n) is 0.984. The van der Waals surface area contributed by atoms with Crippen molar-refractivity contribution in [3.63, 3.8) is 0 Å². The lowest BCUT2D eigenvalue weighted by molar-refractivity contribution is -0.0163. The fraction of sp³-hybridized carbons (Fsp3) is 0.909. The second-order valence-electron chi connectivity index (χ2n) is 3.26. The number of ether oxygens (including phenoxy) is 3. The van der Waals surface area contributed by atoms with Crippen molar-refractivity contribution < 1.29 is 19.0 Å². The molecule has 0 aliphatic carbocycles. The van der Waals surface area contributed by atoms with Gasteiger partial charge in [0.05, 0.1) is 13.2 Å². The first-order valence-corrected chi connectivity index (χ1v) is 5.65. The lowest BCUT2D eigenvalue weighted by Gasteiger charge is -2.15. The van der Waals surface area contributed by atoms with E-state index in [2.05, 4.69) is 11.7 Å². The Bertz CT molecular complexity index is 159. The first-order chi connectivity index (χ1) is 7.24. The molecule has 0 saturated carbocycles. The van der Waals surface area contributed by atoms with Crippen LogP contribution in [0.3, 0.4) is 0 Å². The third kappa shape index (κ3) is 8.24. The molecule has 0 spiro atoms. The Morgan fingerprint density at radius 3 is 2.53 bits per heavy atom. The lowest BCUT2D eigenvalue weighted by Crippen LogP contribution is -2.23. The second kappa shape index (κ2) is 9.77. The van der Waals surface area contributed by atoms with Crippen molar-refractivity contribution in [1.29, 1.82) is 0 Å². The Hall–Kier alpha value is -0.770. The predicted molar refractivity (Wildman–Crippen MR) is 57.9 cm³/mol. The Kier molecular flexibility index (Phi) is 9.27. The normalized spacial score (nSPS) is 12.2. The van der Waals surface area contributed by atoms with Crippen molar-refractivity contribution in [2.75, 3.05) is 19.8 Å². The Balaban J connectivity index is 3.58.